The molecule has 0 radical (unpaired) electrons. The van der Waals surface area contributed by atoms with Crippen molar-refractivity contribution in [1.29, 1.82) is 0 Å². The number of nitrogens with one attached hydrogen (secondary N) is 1. The molecule has 2 amide bonds. The Balaban J connectivity index is 2.10. The van der Waals surface area contributed by atoms with Gasteiger partial charge < -0.3 is 10.2 Å². The molecule has 0 saturated carbocycles. The zero-order valence-corrected chi connectivity index (χ0v) is 25.2. The molecule has 0 heterocycles. The van der Waals surface area contributed by atoms with Crippen LogP contribution in [0.3, 0.4) is 0 Å². The number of aryl methyl sites for hydroxylation is 3. The van der Waals surface area contributed by atoms with E-state index in [4.69, 9.17) is 0 Å². The average molecular weight is 564 g/mol. The highest BCUT2D eigenvalue weighted by atomic mass is 32.2. The summed E-state index contributed by atoms with van der Waals surface area (Å²) in [5, 5.41) is 3.01. The topological polar surface area (TPSA) is 86.8 Å². The molecule has 0 aliphatic rings. The Kier molecular flexibility index (Phi) is 10.5. The first kappa shape index (κ1) is 30.9. The molecule has 0 fully saturated rings. The lowest BCUT2D eigenvalue weighted by Crippen LogP contribution is -2.53. The standard InChI is InChI=1S/C32H41N3O4S/c1-7-26(6)33-32(37)29(8-2)34(21-27-15-13-12-14-24(27)4)31(36)22-35(30-20-23(3)18-19-25(30)5)40(38,39)28-16-10-9-11-17-28/h9-20,26,29H,7-8,21-22H2,1-6H3,(H,33,37)/t26-,29+/m1/s1. The van der Waals surface area contributed by atoms with Gasteiger partial charge in [0.25, 0.3) is 10.0 Å². The Morgan fingerprint density at radius 1 is 0.850 bits per heavy atom. The molecule has 0 spiro atoms. The molecular formula is C32H41N3O4S. The van der Waals surface area contributed by atoms with Crippen LogP contribution in [0.5, 0.6) is 0 Å². The SMILES string of the molecule is CC[C@@H](C)NC(=O)[C@H](CC)N(Cc1ccccc1C)C(=O)CN(c1cc(C)ccc1C)S(=O)(=O)c1ccccc1. The Hall–Kier alpha value is -3.65. The molecule has 3 aromatic carbocycles. The summed E-state index contributed by atoms with van der Waals surface area (Å²) in [4.78, 5) is 29.2. The van der Waals surface area contributed by atoms with Gasteiger partial charge in [-0.05, 0) is 81.0 Å². The van der Waals surface area contributed by atoms with Gasteiger partial charge in [0, 0.05) is 12.6 Å². The van der Waals surface area contributed by atoms with Crippen molar-refractivity contribution in [3.05, 3.63) is 95.1 Å². The van der Waals surface area contributed by atoms with Crippen molar-refractivity contribution >= 4 is 27.5 Å². The highest BCUT2D eigenvalue weighted by Gasteiger charge is 2.34. The molecule has 3 aromatic rings. The van der Waals surface area contributed by atoms with Crippen LogP contribution in [0.15, 0.2) is 77.7 Å². The largest absolute Gasteiger partial charge is 0.352 e. The fraction of sp³-hybridized carbons (Fsp3) is 0.375. The Morgan fingerprint density at radius 3 is 2.12 bits per heavy atom. The predicted octanol–water partition coefficient (Wildman–Crippen LogP) is 5.53. The number of nitrogens with zero attached hydrogens (tertiary/aromatic N) is 2. The van der Waals surface area contributed by atoms with Crippen molar-refractivity contribution in [1.82, 2.24) is 10.2 Å². The quantitative estimate of drug-likeness (QED) is 0.314. The van der Waals surface area contributed by atoms with Crippen molar-refractivity contribution in [3.8, 4) is 0 Å². The summed E-state index contributed by atoms with van der Waals surface area (Å²) >= 11 is 0. The number of anilines is 1. The summed E-state index contributed by atoms with van der Waals surface area (Å²) in [6.45, 7) is 11.2. The van der Waals surface area contributed by atoms with Crippen LogP contribution >= 0.6 is 0 Å². The molecular weight excluding hydrogens is 522 g/mol. The van der Waals surface area contributed by atoms with E-state index in [9.17, 15) is 18.0 Å². The molecule has 1 N–H and O–H groups in total. The van der Waals surface area contributed by atoms with Crippen molar-refractivity contribution < 1.29 is 18.0 Å². The lowest BCUT2D eigenvalue weighted by atomic mass is 10.1. The van der Waals surface area contributed by atoms with Crippen LogP contribution in [0.1, 0.15) is 55.9 Å². The number of amides is 2. The Morgan fingerprint density at radius 2 is 1.50 bits per heavy atom. The van der Waals surface area contributed by atoms with Gasteiger partial charge in [0.1, 0.15) is 12.6 Å². The minimum atomic E-state index is -4.09. The van der Waals surface area contributed by atoms with Crippen molar-refractivity contribution in [3.63, 3.8) is 0 Å². The molecule has 214 valence electrons. The van der Waals surface area contributed by atoms with E-state index in [1.807, 2.05) is 77.9 Å². The van der Waals surface area contributed by atoms with Gasteiger partial charge in [0.05, 0.1) is 10.6 Å². The van der Waals surface area contributed by atoms with Crippen LogP contribution in [-0.2, 0) is 26.2 Å². The fourth-order valence-corrected chi connectivity index (χ4v) is 6.04. The van der Waals surface area contributed by atoms with Crippen LogP contribution in [0.25, 0.3) is 0 Å². The number of carbonyl (C=O) groups is 2. The van der Waals surface area contributed by atoms with Crippen molar-refractivity contribution in [2.75, 3.05) is 10.8 Å². The third-order valence-corrected chi connectivity index (χ3v) is 9.01. The third kappa shape index (κ3) is 7.30. The lowest BCUT2D eigenvalue weighted by molar-refractivity contribution is -0.140. The van der Waals surface area contributed by atoms with E-state index in [-0.39, 0.29) is 23.4 Å². The normalized spacial score (nSPS) is 12.8. The van der Waals surface area contributed by atoms with E-state index >= 15 is 0 Å². The predicted molar refractivity (Wildman–Crippen MR) is 161 cm³/mol. The van der Waals surface area contributed by atoms with Crippen molar-refractivity contribution in [2.45, 2.75) is 77.9 Å². The number of hydrogen-bond donors (Lipinski definition) is 1. The molecule has 0 saturated heterocycles. The summed E-state index contributed by atoms with van der Waals surface area (Å²) in [6.07, 6.45) is 1.14. The van der Waals surface area contributed by atoms with E-state index in [0.29, 0.717) is 12.1 Å². The number of rotatable bonds is 12. The zero-order chi connectivity index (χ0) is 29.4. The fourth-order valence-electron chi connectivity index (χ4n) is 4.55. The highest BCUT2D eigenvalue weighted by Crippen LogP contribution is 2.28. The molecule has 8 heteroatoms. The van der Waals surface area contributed by atoms with E-state index in [1.165, 1.54) is 21.3 Å². The third-order valence-electron chi connectivity index (χ3n) is 7.23. The van der Waals surface area contributed by atoms with E-state index in [2.05, 4.69) is 5.32 Å². The van der Waals surface area contributed by atoms with E-state index in [1.54, 1.807) is 24.3 Å². The summed E-state index contributed by atoms with van der Waals surface area (Å²) in [7, 11) is -4.09. The number of hydrogen-bond acceptors (Lipinski definition) is 4. The summed E-state index contributed by atoms with van der Waals surface area (Å²) < 4.78 is 29.2. The van der Waals surface area contributed by atoms with Gasteiger partial charge >= 0.3 is 0 Å². The summed E-state index contributed by atoms with van der Waals surface area (Å²) in [5.41, 5.74) is 3.92. The van der Waals surface area contributed by atoms with Gasteiger partial charge in [0.2, 0.25) is 11.8 Å². The molecule has 3 rings (SSSR count). The average Bonchev–Trinajstić information content (AvgIpc) is 2.94. The van der Waals surface area contributed by atoms with Crippen molar-refractivity contribution in [2.24, 2.45) is 0 Å². The maximum Gasteiger partial charge on any atom is 0.264 e. The maximum absolute atomic E-state index is 14.2. The first-order valence-electron chi connectivity index (χ1n) is 13.8. The van der Waals surface area contributed by atoms with Crippen LogP contribution in [0, 0.1) is 20.8 Å². The second-order valence-corrected chi connectivity index (χ2v) is 12.2. The van der Waals surface area contributed by atoms with Crippen LogP contribution in [0.4, 0.5) is 5.69 Å². The van der Waals surface area contributed by atoms with Gasteiger partial charge in [-0.1, -0.05) is 68.4 Å². The van der Waals surface area contributed by atoms with Gasteiger partial charge in [-0.15, -0.1) is 0 Å². The smallest absolute Gasteiger partial charge is 0.264 e. The summed E-state index contributed by atoms with van der Waals surface area (Å²) in [6, 6.07) is 20.5. The molecule has 7 nitrogen and oxygen atoms in total. The number of benzene rings is 3. The molecule has 0 aromatic heterocycles. The van der Waals surface area contributed by atoms with Gasteiger partial charge in [-0.3, -0.25) is 13.9 Å². The molecule has 2 atom stereocenters. The second kappa shape index (κ2) is 13.6. The Bertz CT molecular complexity index is 1420. The number of carbonyl (C=O) groups excluding carboxylic acids is 2. The van der Waals surface area contributed by atoms with Gasteiger partial charge in [-0.2, -0.15) is 0 Å². The van der Waals surface area contributed by atoms with Crippen LogP contribution < -0.4 is 9.62 Å². The monoisotopic (exact) mass is 563 g/mol. The van der Waals surface area contributed by atoms with Crippen LogP contribution in [-0.4, -0.2) is 43.8 Å². The first-order valence-corrected chi connectivity index (χ1v) is 15.2. The molecule has 0 unspecified atom stereocenters. The van der Waals surface area contributed by atoms with Gasteiger partial charge in [0.15, 0.2) is 0 Å². The lowest BCUT2D eigenvalue weighted by Gasteiger charge is -2.34. The first-order chi connectivity index (χ1) is 19.0. The second-order valence-electron chi connectivity index (χ2n) is 10.3. The molecule has 0 bridgehead atoms. The Labute approximate surface area is 239 Å². The highest BCUT2D eigenvalue weighted by molar-refractivity contribution is 7.92. The van der Waals surface area contributed by atoms with Crippen LogP contribution in [0.2, 0.25) is 0 Å². The minimum absolute atomic E-state index is 0.0538. The van der Waals surface area contributed by atoms with Gasteiger partial charge in [-0.25, -0.2) is 8.42 Å². The maximum atomic E-state index is 14.2. The van der Waals surface area contributed by atoms with E-state index in [0.717, 1.165) is 28.7 Å². The molecule has 40 heavy (non-hydrogen) atoms. The minimum Gasteiger partial charge on any atom is -0.352 e. The molecule has 0 aliphatic heterocycles. The number of sulfonamides is 1. The zero-order valence-electron chi connectivity index (χ0n) is 24.3. The molecule has 0 aliphatic carbocycles. The van der Waals surface area contributed by atoms with E-state index < -0.39 is 28.5 Å². The summed E-state index contributed by atoms with van der Waals surface area (Å²) in [5.74, 6) is -0.696.